The molecule has 1 atom stereocenters. The van der Waals surface area contributed by atoms with Gasteiger partial charge >= 0.3 is 5.97 Å². The largest absolute Gasteiger partial charge is 0.465 e. The molecule has 2 rings (SSSR count). The molecular weight excluding hydrogens is 296 g/mol. The van der Waals surface area contributed by atoms with Crippen molar-refractivity contribution >= 4 is 16.0 Å². The molecule has 1 aliphatic heterocycles. The molecule has 0 spiro atoms. The number of sulfonamides is 1. The average Bonchev–Trinajstić information content (AvgIpc) is 2.53. The number of nitrogens with one attached hydrogen (secondary N) is 2. The zero-order valence-electron chi connectivity index (χ0n) is 11.7. The summed E-state index contributed by atoms with van der Waals surface area (Å²) in [4.78, 5) is 11.5. The SMILES string of the molecule is COC(=O)c1ccccc1S(=O)(=O)NCC1CNCCO1. The van der Waals surface area contributed by atoms with Crippen LogP contribution in [-0.2, 0) is 19.5 Å². The van der Waals surface area contributed by atoms with Crippen molar-refractivity contribution < 1.29 is 22.7 Å². The molecule has 0 aliphatic carbocycles. The Bertz CT molecular complexity index is 596. The molecule has 0 saturated carbocycles. The van der Waals surface area contributed by atoms with E-state index in [2.05, 4.69) is 14.8 Å². The third kappa shape index (κ3) is 4.01. The van der Waals surface area contributed by atoms with E-state index in [0.717, 1.165) is 6.54 Å². The lowest BCUT2D eigenvalue weighted by molar-refractivity contribution is 0.0324. The van der Waals surface area contributed by atoms with E-state index in [1.165, 1.54) is 19.2 Å². The molecule has 1 fully saturated rings. The second-order valence-electron chi connectivity index (χ2n) is 4.54. The van der Waals surface area contributed by atoms with Crippen LogP contribution in [0, 0.1) is 0 Å². The van der Waals surface area contributed by atoms with Crippen molar-refractivity contribution in [2.75, 3.05) is 33.4 Å². The number of carbonyl (C=O) groups is 1. The fraction of sp³-hybridized carbons (Fsp3) is 0.462. The Hall–Kier alpha value is -1.48. The van der Waals surface area contributed by atoms with Crippen LogP contribution in [0.15, 0.2) is 29.2 Å². The molecule has 1 saturated heterocycles. The summed E-state index contributed by atoms with van der Waals surface area (Å²) in [6.45, 7) is 2.03. The van der Waals surface area contributed by atoms with Gasteiger partial charge in [-0.2, -0.15) is 0 Å². The summed E-state index contributed by atoms with van der Waals surface area (Å²) >= 11 is 0. The summed E-state index contributed by atoms with van der Waals surface area (Å²) < 4.78 is 37.1. The smallest absolute Gasteiger partial charge is 0.339 e. The normalized spacial score (nSPS) is 19.2. The molecule has 1 aromatic carbocycles. The Morgan fingerprint density at radius 3 is 2.90 bits per heavy atom. The lowest BCUT2D eigenvalue weighted by atomic mass is 10.2. The number of carbonyl (C=O) groups excluding carboxylic acids is 1. The molecule has 1 aliphatic rings. The van der Waals surface area contributed by atoms with E-state index in [4.69, 9.17) is 4.74 Å². The van der Waals surface area contributed by atoms with E-state index >= 15 is 0 Å². The van der Waals surface area contributed by atoms with Gasteiger partial charge in [0.1, 0.15) is 0 Å². The van der Waals surface area contributed by atoms with Gasteiger partial charge in [-0.25, -0.2) is 17.9 Å². The summed E-state index contributed by atoms with van der Waals surface area (Å²) in [5.41, 5.74) is 0.00943. The highest BCUT2D eigenvalue weighted by Gasteiger charge is 2.24. The van der Waals surface area contributed by atoms with Gasteiger partial charge in [-0.3, -0.25) is 0 Å². The Balaban J connectivity index is 2.13. The second kappa shape index (κ2) is 6.99. The zero-order chi connectivity index (χ0) is 15.3. The minimum absolute atomic E-state index is 0.00943. The summed E-state index contributed by atoms with van der Waals surface area (Å²) in [5.74, 6) is -0.688. The molecular formula is C13H18N2O5S. The lowest BCUT2D eigenvalue weighted by Gasteiger charge is -2.23. The van der Waals surface area contributed by atoms with Gasteiger partial charge < -0.3 is 14.8 Å². The maximum atomic E-state index is 12.3. The average molecular weight is 314 g/mol. The van der Waals surface area contributed by atoms with Gasteiger partial charge in [0.15, 0.2) is 0 Å². The lowest BCUT2D eigenvalue weighted by Crippen LogP contribution is -2.45. The Morgan fingerprint density at radius 1 is 1.48 bits per heavy atom. The summed E-state index contributed by atoms with van der Waals surface area (Å²) in [6, 6.07) is 5.92. The van der Waals surface area contributed by atoms with E-state index in [1.807, 2.05) is 0 Å². The van der Waals surface area contributed by atoms with Crippen molar-refractivity contribution in [1.29, 1.82) is 0 Å². The highest BCUT2D eigenvalue weighted by Crippen LogP contribution is 2.16. The van der Waals surface area contributed by atoms with Crippen LogP contribution in [0.5, 0.6) is 0 Å². The maximum Gasteiger partial charge on any atom is 0.339 e. The highest BCUT2D eigenvalue weighted by molar-refractivity contribution is 7.89. The zero-order valence-corrected chi connectivity index (χ0v) is 12.5. The first-order valence-electron chi connectivity index (χ1n) is 6.54. The van der Waals surface area contributed by atoms with Crippen LogP contribution in [0.4, 0.5) is 0 Å². The molecule has 116 valence electrons. The van der Waals surface area contributed by atoms with E-state index in [9.17, 15) is 13.2 Å². The van der Waals surface area contributed by atoms with E-state index in [1.54, 1.807) is 12.1 Å². The number of benzene rings is 1. The summed E-state index contributed by atoms with van der Waals surface area (Å²) in [7, 11) is -2.60. The van der Waals surface area contributed by atoms with Crippen LogP contribution < -0.4 is 10.0 Å². The molecule has 1 heterocycles. The van der Waals surface area contributed by atoms with Gasteiger partial charge in [0.05, 0.1) is 30.3 Å². The van der Waals surface area contributed by atoms with Crippen LogP contribution in [-0.4, -0.2) is 53.8 Å². The molecule has 0 bridgehead atoms. The van der Waals surface area contributed by atoms with E-state index < -0.39 is 16.0 Å². The van der Waals surface area contributed by atoms with Crippen LogP contribution in [0.2, 0.25) is 0 Å². The van der Waals surface area contributed by atoms with Crippen molar-refractivity contribution in [3.8, 4) is 0 Å². The van der Waals surface area contributed by atoms with Gasteiger partial charge in [-0.15, -0.1) is 0 Å². The summed E-state index contributed by atoms with van der Waals surface area (Å²) in [5, 5.41) is 3.12. The predicted octanol–water partition coefficient (Wildman–Crippen LogP) is -0.260. The first-order valence-corrected chi connectivity index (χ1v) is 8.02. The molecule has 8 heteroatoms. The molecule has 2 N–H and O–H groups in total. The van der Waals surface area contributed by atoms with Gasteiger partial charge in [-0.1, -0.05) is 12.1 Å². The molecule has 1 aromatic rings. The van der Waals surface area contributed by atoms with E-state index in [0.29, 0.717) is 13.2 Å². The number of esters is 1. The van der Waals surface area contributed by atoms with E-state index in [-0.39, 0.29) is 23.1 Å². The first-order chi connectivity index (χ1) is 10.0. The summed E-state index contributed by atoms with van der Waals surface area (Å²) in [6.07, 6.45) is -0.223. The molecule has 21 heavy (non-hydrogen) atoms. The van der Waals surface area contributed by atoms with Crippen LogP contribution in [0.25, 0.3) is 0 Å². The van der Waals surface area contributed by atoms with Crippen LogP contribution in [0.3, 0.4) is 0 Å². The highest BCUT2D eigenvalue weighted by atomic mass is 32.2. The first kappa shape index (κ1) is 15.9. The molecule has 1 unspecified atom stereocenters. The minimum Gasteiger partial charge on any atom is -0.465 e. The number of morpholine rings is 1. The third-order valence-electron chi connectivity index (χ3n) is 3.09. The molecule has 0 amide bonds. The minimum atomic E-state index is -3.80. The van der Waals surface area contributed by atoms with Crippen molar-refractivity contribution in [1.82, 2.24) is 10.0 Å². The Morgan fingerprint density at radius 2 is 2.24 bits per heavy atom. The van der Waals surface area contributed by atoms with Crippen molar-refractivity contribution in [3.05, 3.63) is 29.8 Å². The number of methoxy groups -OCH3 is 1. The third-order valence-corrected chi connectivity index (χ3v) is 4.57. The topological polar surface area (TPSA) is 93.7 Å². The standard InChI is InChI=1S/C13H18N2O5S/c1-19-13(16)11-4-2-3-5-12(11)21(17,18)15-9-10-8-14-6-7-20-10/h2-5,10,14-15H,6-9H2,1H3. The molecule has 7 nitrogen and oxygen atoms in total. The monoisotopic (exact) mass is 314 g/mol. The van der Waals surface area contributed by atoms with Crippen LogP contribution >= 0.6 is 0 Å². The molecule has 0 radical (unpaired) electrons. The maximum absolute atomic E-state index is 12.3. The quantitative estimate of drug-likeness (QED) is 0.727. The molecule has 0 aromatic heterocycles. The number of hydrogen-bond acceptors (Lipinski definition) is 6. The Kier molecular flexibility index (Phi) is 5.29. The number of ether oxygens (including phenoxy) is 2. The Labute approximate surface area is 123 Å². The second-order valence-corrected chi connectivity index (χ2v) is 6.27. The number of hydrogen-bond donors (Lipinski definition) is 2. The van der Waals surface area contributed by atoms with Crippen LogP contribution in [0.1, 0.15) is 10.4 Å². The fourth-order valence-electron chi connectivity index (χ4n) is 2.01. The number of rotatable bonds is 5. The van der Waals surface area contributed by atoms with Gasteiger partial charge in [0.25, 0.3) is 0 Å². The van der Waals surface area contributed by atoms with Gasteiger partial charge in [0.2, 0.25) is 10.0 Å². The van der Waals surface area contributed by atoms with Crippen molar-refractivity contribution in [3.63, 3.8) is 0 Å². The predicted molar refractivity (Wildman–Crippen MR) is 75.6 cm³/mol. The van der Waals surface area contributed by atoms with Crippen molar-refractivity contribution in [2.24, 2.45) is 0 Å². The van der Waals surface area contributed by atoms with Gasteiger partial charge in [0, 0.05) is 19.6 Å². The van der Waals surface area contributed by atoms with Crippen molar-refractivity contribution in [2.45, 2.75) is 11.0 Å². The van der Waals surface area contributed by atoms with Gasteiger partial charge in [-0.05, 0) is 12.1 Å². The fourth-order valence-corrected chi connectivity index (χ4v) is 3.27.